The van der Waals surface area contributed by atoms with Gasteiger partial charge in [-0.3, -0.25) is 4.79 Å². The van der Waals surface area contributed by atoms with Crippen LogP contribution in [0.15, 0.2) is 12.1 Å². The number of rotatable bonds is 4. The van der Waals surface area contributed by atoms with Crippen molar-refractivity contribution < 1.29 is 4.79 Å². The van der Waals surface area contributed by atoms with E-state index < -0.39 is 5.54 Å². The number of thiazole rings is 1. The zero-order chi connectivity index (χ0) is 14.9. The van der Waals surface area contributed by atoms with Gasteiger partial charge in [0, 0.05) is 12.1 Å². The second-order valence-corrected chi connectivity index (χ2v) is 7.92. The molecular weight excluding hydrogens is 314 g/mol. The molecule has 0 bridgehead atoms. The molecule has 0 aliphatic heterocycles. The number of carbonyl (C=O) groups excluding carboxylic acids is 1. The fourth-order valence-electron chi connectivity index (χ4n) is 1.53. The molecule has 0 aliphatic carbocycles. The SMILES string of the molecule is Cc1nc(-c2ccc(Cl)s2)sc1C(=O)NCC(C)(C)N. The highest BCUT2D eigenvalue weighted by atomic mass is 35.5. The molecule has 0 unspecified atom stereocenters. The molecule has 20 heavy (non-hydrogen) atoms. The summed E-state index contributed by atoms with van der Waals surface area (Å²) in [7, 11) is 0. The summed E-state index contributed by atoms with van der Waals surface area (Å²) in [6.07, 6.45) is 0. The number of nitrogens with two attached hydrogens (primary N) is 1. The largest absolute Gasteiger partial charge is 0.349 e. The summed E-state index contributed by atoms with van der Waals surface area (Å²) in [4.78, 5) is 18.2. The molecule has 3 N–H and O–H groups in total. The summed E-state index contributed by atoms with van der Waals surface area (Å²) in [5.74, 6) is -0.132. The van der Waals surface area contributed by atoms with Crippen molar-refractivity contribution in [2.45, 2.75) is 26.3 Å². The molecule has 0 aromatic carbocycles. The van der Waals surface area contributed by atoms with Gasteiger partial charge in [0.05, 0.1) is 14.9 Å². The molecule has 2 heterocycles. The summed E-state index contributed by atoms with van der Waals surface area (Å²) in [6.45, 7) is 5.98. The predicted octanol–water partition coefficient (Wildman–Crippen LogP) is 3.30. The monoisotopic (exact) mass is 329 g/mol. The molecule has 0 saturated heterocycles. The van der Waals surface area contributed by atoms with Crippen LogP contribution in [0.3, 0.4) is 0 Å². The lowest BCUT2D eigenvalue weighted by atomic mass is 10.1. The molecular formula is C13H16ClN3OS2. The molecule has 108 valence electrons. The van der Waals surface area contributed by atoms with Crippen LogP contribution in [0.2, 0.25) is 4.34 Å². The number of amides is 1. The van der Waals surface area contributed by atoms with E-state index in [1.165, 1.54) is 22.7 Å². The van der Waals surface area contributed by atoms with Crippen molar-refractivity contribution in [3.05, 3.63) is 27.0 Å². The molecule has 0 radical (unpaired) electrons. The van der Waals surface area contributed by atoms with E-state index in [0.29, 0.717) is 15.8 Å². The zero-order valence-corrected chi connectivity index (χ0v) is 13.9. The Kier molecular flexibility index (Phi) is 4.49. The van der Waals surface area contributed by atoms with E-state index in [2.05, 4.69) is 10.3 Å². The fraction of sp³-hybridized carbons (Fsp3) is 0.385. The maximum Gasteiger partial charge on any atom is 0.263 e. The van der Waals surface area contributed by atoms with Crippen LogP contribution in [0, 0.1) is 6.92 Å². The van der Waals surface area contributed by atoms with Gasteiger partial charge in [-0.15, -0.1) is 22.7 Å². The van der Waals surface area contributed by atoms with E-state index in [-0.39, 0.29) is 5.91 Å². The molecule has 0 atom stereocenters. The first-order valence-electron chi connectivity index (χ1n) is 6.06. The van der Waals surface area contributed by atoms with Gasteiger partial charge in [0.2, 0.25) is 0 Å². The van der Waals surface area contributed by atoms with Gasteiger partial charge in [0.1, 0.15) is 9.88 Å². The van der Waals surface area contributed by atoms with Gasteiger partial charge in [-0.05, 0) is 32.9 Å². The number of thiophene rings is 1. The smallest absolute Gasteiger partial charge is 0.263 e. The Morgan fingerprint density at radius 3 is 2.70 bits per heavy atom. The normalized spacial score (nSPS) is 11.7. The van der Waals surface area contributed by atoms with Crippen LogP contribution in [0.25, 0.3) is 9.88 Å². The number of carbonyl (C=O) groups is 1. The topological polar surface area (TPSA) is 68.0 Å². The average Bonchev–Trinajstić information content (AvgIpc) is 2.91. The Morgan fingerprint density at radius 2 is 2.15 bits per heavy atom. The molecule has 0 saturated carbocycles. The third-order valence-corrected chi connectivity index (χ3v) is 5.05. The van der Waals surface area contributed by atoms with Crippen molar-refractivity contribution >= 4 is 40.2 Å². The van der Waals surface area contributed by atoms with Crippen molar-refractivity contribution in [2.75, 3.05) is 6.54 Å². The van der Waals surface area contributed by atoms with E-state index in [1.54, 1.807) is 0 Å². The summed E-state index contributed by atoms with van der Waals surface area (Å²) in [5.41, 5.74) is 6.15. The average molecular weight is 330 g/mol. The van der Waals surface area contributed by atoms with Crippen molar-refractivity contribution in [1.82, 2.24) is 10.3 Å². The molecule has 0 fully saturated rings. The minimum atomic E-state index is -0.432. The Balaban J connectivity index is 2.17. The quantitative estimate of drug-likeness (QED) is 0.904. The van der Waals surface area contributed by atoms with Crippen LogP contribution < -0.4 is 11.1 Å². The van der Waals surface area contributed by atoms with E-state index >= 15 is 0 Å². The highest BCUT2D eigenvalue weighted by Crippen LogP contribution is 2.34. The van der Waals surface area contributed by atoms with E-state index in [1.807, 2.05) is 32.9 Å². The number of hydrogen-bond donors (Lipinski definition) is 2. The minimum absolute atomic E-state index is 0.132. The number of aromatic nitrogens is 1. The van der Waals surface area contributed by atoms with Gasteiger partial charge in [0.15, 0.2) is 0 Å². The third kappa shape index (κ3) is 3.79. The van der Waals surface area contributed by atoms with Gasteiger partial charge in [-0.25, -0.2) is 4.98 Å². The Labute approximate surface area is 131 Å². The van der Waals surface area contributed by atoms with Gasteiger partial charge < -0.3 is 11.1 Å². The first-order chi connectivity index (χ1) is 9.26. The molecule has 2 aromatic heterocycles. The highest BCUT2D eigenvalue weighted by Gasteiger charge is 2.19. The Morgan fingerprint density at radius 1 is 1.45 bits per heavy atom. The maximum atomic E-state index is 12.1. The number of nitrogens with zero attached hydrogens (tertiary/aromatic N) is 1. The van der Waals surface area contributed by atoms with E-state index in [0.717, 1.165) is 15.6 Å². The summed E-state index contributed by atoms with van der Waals surface area (Å²) >= 11 is 8.75. The van der Waals surface area contributed by atoms with E-state index in [9.17, 15) is 4.79 Å². The maximum absolute atomic E-state index is 12.1. The van der Waals surface area contributed by atoms with Crippen molar-refractivity contribution in [1.29, 1.82) is 0 Å². The summed E-state index contributed by atoms with van der Waals surface area (Å²) < 4.78 is 0.712. The molecule has 4 nitrogen and oxygen atoms in total. The predicted molar refractivity (Wildman–Crippen MR) is 85.8 cm³/mol. The first kappa shape index (κ1) is 15.4. The lowest BCUT2D eigenvalue weighted by Crippen LogP contribution is -2.45. The molecule has 0 spiro atoms. The fourth-order valence-corrected chi connectivity index (χ4v) is 3.61. The second-order valence-electron chi connectivity index (χ2n) is 5.21. The van der Waals surface area contributed by atoms with Crippen molar-refractivity contribution in [3.63, 3.8) is 0 Å². The third-order valence-electron chi connectivity index (χ3n) is 2.49. The zero-order valence-electron chi connectivity index (χ0n) is 11.5. The van der Waals surface area contributed by atoms with Gasteiger partial charge >= 0.3 is 0 Å². The van der Waals surface area contributed by atoms with E-state index in [4.69, 9.17) is 17.3 Å². The summed E-state index contributed by atoms with van der Waals surface area (Å²) in [6, 6.07) is 3.74. The lowest BCUT2D eigenvalue weighted by molar-refractivity contribution is 0.0949. The molecule has 2 aromatic rings. The highest BCUT2D eigenvalue weighted by molar-refractivity contribution is 7.24. The standard InChI is InChI=1S/C13H16ClN3OS2/c1-7-10(11(18)16-6-13(2,3)15)20-12(17-7)8-4-5-9(14)19-8/h4-5H,6,15H2,1-3H3,(H,16,18). The van der Waals surface area contributed by atoms with Gasteiger partial charge in [0.25, 0.3) is 5.91 Å². The van der Waals surface area contributed by atoms with Crippen LogP contribution in [0.5, 0.6) is 0 Å². The Hall–Kier alpha value is -0.950. The number of aryl methyl sites for hydroxylation is 1. The molecule has 1 amide bonds. The summed E-state index contributed by atoms with van der Waals surface area (Å²) in [5, 5.41) is 3.65. The molecule has 2 rings (SSSR count). The van der Waals surface area contributed by atoms with Crippen LogP contribution in [0.1, 0.15) is 29.2 Å². The molecule has 7 heteroatoms. The first-order valence-corrected chi connectivity index (χ1v) is 8.07. The Bertz CT molecular complexity index is 628. The van der Waals surface area contributed by atoms with Crippen LogP contribution in [-0.2, 0) is 0 Å². The second kappa shape index (κ2) is 5.81. The number of nitrogens with one attached hydrogen (secondary N) is 1. The van der Waals surface area contributed by atoms with Crippen LogP contribution >= 0.6 is 34.3 Å². The number of hydrogen-bond acceptors (Lipinski definition) is 5. The van der Waals surface area contributed by atoms with Crippen LogP contribution in [-0.4, -0.2) is 23.0 Å². The van der Waals surface area contributed by atoms with Crippen molar-refractivity contribution in [2.24, 2.45) is 5.73 Å². The lowest BCUT2D eigenvalue weighted by Gasteiger charge is -2.18. The minimum Gasteiger partial charge on any atom is -0.349 e. The van der Waals surface area contributed by atoms with Gasteiger partial charge in [-0.1, -0.05) is 11.6 Å². The van der Waals surface area contributed by atoms with Crippen molar-refractivity contribution in [3.8, 4) is 9.88 Å². The number of halogens is 1. The molecule has 0 aliphatic rings. The van der Waals surface area contributed by atoms with Crippen LogP contribution in [0.4, 0.5) is 0 Å². The van der Waals surface area contributed by atoms with Gasteiger partial charge in [-0.2, -0.15) is 0 Å².